The molecule has 0 saturated carbocycles. The molecule has 1 N–H and O–H groups in total. The van der Waals surface area contributed by atoms with Gasteiger partial charge < -0.3 is 9.73 Å². The molecule has 5 nitrogen and oxygen atoms in total. The van der Waals surface area contributed by atoms with E-state index in [-0.39, 0.29) is 0 Å². The molecule has 1 unspecified atom stereocenters. The first kappa shape index (κ1) is 11.8. The Kier molecular flexibility index (Phi) is 3.18. The van der Waals surface area contributed by atoms with E-state index in [0.29, 0.717) is 12.0 Å². The SMILES string of the molecule is CC(CCc1ccco1)Nc1nc2ccccn2n1. The summed E-state index contributed by atoms with van der Waals surface area (Å²) in [6.45, 7) is 2.12. The molecule has 0 aromatic carbocycles. The summed E-state index contributed by atoms with van der Waals surface area (Å²) in [4.78, 5) is 4.41. The van der Waals surface area contributed by atoms with Crippen molar-refractivity contribution in [2.45, 2.75) is 25.8 Å². The van der Waals surface area contributed by atoms with E-state index >= 15 is 0 Å². The van der Waals surface area contributed by atoms with E-state index in [9.17, 15) is 0 Å². The van der Waals surface area contributed by atoms with E-state index in [1.54, 1.807) is 10.8 Å². The van der Waals surface area contributed by atoms with Gasteiger partial charge in [-0.15, -0.1) is 5.10 Å². The van der Waals surface area contributed by atoms with Crippen molar-refractivity contribution in [1.82, 2.24) is 14.6 Å². The highest BCUT2D eigenvalue weighted by molar-refractivity contribution is 5.43. The minimum atomic E-state index is 0.294. The highest BCUT2D eigenvalue weighted by Gasteiger charge is 2.08. The molecule has 3 aromatic heterocycles. The van der Waals surface area contributed by atoms with Crippen LogP contribution < -0.4 is 5.32 Å². The molecule has 3 heterocycles. The molecule has 0 aliphatic rings. The second-order valence-corrected chi connectivity index (χ2v) is 4.60. The molecule has 0 saturated heterocycles. The van der Waals surface area contributed by atoms with E-state index in [1.807, 2.05) is 36.5 Å². The van der Waals surface area contributed by atoms with Crippen molar-refractivity contribution >= 4 is 11.6 Å². The van der Waals surface area contributed by atoms with Gasteiger partial charge >= 0.3 is 0 Å². The van der Waals surface area contributed by atoms with Crippen LogP contribution in [0.2, 0.25) is 0 Å². The fourth-order valence-electron chi connectivity index (χ4n) is 2.00. The maximum absolute atomic E-state index is 5.32. The Morgan fingerprint density at radius 3 is 3.05 bits per heavy atom. The minimum absolute atomic E-state index is 0.294. The number of anilines is 1. The van der Waals surface area contributed by atoms with Crippen molar-refractivity contribution in [3.8, 4) is 0 Å². The summed E-state index contributed by atoms with van der Waals surface area (Å²) in [5.74, 6) is 1.68. The lowest BCUT2D eigenvalue weighted by Gasteiger charge is -2.10. The predicted molar refractivity (Wildman–Crippen MR) is 73.1 cm³/mol. The van der Waals surface area contributed by atoms with Gasteiger partial charge in [-0.3, -0.25) is 0 Å². The summed E-state index contributed by atoms with van der Waals surface area (Å²) < 4.78 is 7.08. The van der Waals surface area contributed by atoms with Crippen LogP contribution in [0.5, 0.6) is 0 Å². The Bertz CT molecular complexity index is 611. The molecule has 0 radical (unpaired) electrons. The van der Waals surface area contributed by atoms with Crippen LogP contribution in [0.25, 0.3) is 5.65 Å². The van der Waals surface area contributed by atoms with Crippen molar-refractivity contribution < 1.29 is 4.42 Å². The summed E-state index contributed by atoms with van der Waals surface area (Å²) in [5.41, 5.74) is 0.850. The Morgan fingerprint density at radius 2 is 2.26 bits per heavy atom. The van der Waals surface area contributed by atoms with Crippen LogP contribution in [0.4, 0.5) is 5.95 Å². The zero-order valence-electron chi connectivity index (χ0n) is 10.8. The Balaban J connectivity index is 1.60. The molecule has 19 heavy (non-hydrogen) atoms. The van der Waals surface area contributed by atoms with Gasteiger partial charge in [-0.2, -0.15) is 4.98 Å². The number of pyridine rings is 1. The maximum Gasteiger partial charge on any atom is 0.243 e. The van der Waals surface area contributed by atoms with E-state index < -0.39 is 0 Å². The molecule has 0 spiro atoms. The largest absolute Gasteiger partial charge is 0.469 e. The van der Waals surface area contributed by atoms with Gasteiger partial charge in [0.25, 0.3) is 0 Å². The first-order valence-corrected chi connectivity index (χ1v) is 6.41. The lowest BCUT2D eigenvalue weighted by molar-refractivity contribution is 0.494. The van der Waals surface area contributed by atoms with E-state index in [0.717, 1.165) is 24.2 Å². The van der Waals surface area contributed by atoms with Gasteiger partial charge in [0.15, 0.2) is 5.65 Å². The van der Waals surface area contributed by atoms with Crippen molar-refractivity contribution in [3.63, 3.8) is 0 Å². The highest BCUT2D eigenvalue weighted by Crippen LogP contribution is 2.10. The Hall–Kier alpha value is -2.30. The Labute approximate surface area is 111 Å². The van der Waals surface area contributed by atoms with Gasteiger partial charge in [-0.25, -0.2) is 4.52 Å². The first-order chi connectivity index (χ1) is 9.31. The minimum Gasteiger partial charge on any atom is -0.469 e. The van der Waals surface area contributed by atoms with Gasteiger partial charge in [0.05, 0.1) is 6.26 Å². The van der Waals surface area contributed by atoms with Gasteiger partial charge in [-0.05, 0) is 37.6 Å². The molecule has 0 fully saturated rings. The van der Waals surface area contributed by atoms with E-state index in [4.69, 9.17) is 4.42 Å². The van der Waals surface area contributed by atoms with Crippen LogP contribution in [0, 0.1) is 0 Å². The van der Waals surface area contributed by atoms with Crippen molar-refractivity contribution in [2.24, 2.45) is 0 Å². The molecule has 5 heteroatoms. The van der Waals surface area contributed by atoms with E-state index in [2.05, 4.69) is 22.3 Å². The predicted octanol–water partition coefficient (Wildman–Crippen LogP) is 2.76. The summed E-state index contributed by atoms with van der Waals surface area (Å²) >= 11 is 0. The monoisotopic (exact) mass is 256 g/mol. The summed E-state index contributed by atoms with van der Waals surface area (Å²) in [6, 6.07) is 10.0. The zero-order chi connectivity index (χ0) is 13.1. The molecule has 0 aliphatic heterocycles. The second kappa shape index (κ2) is 5.14. The Morgan fingerprint density at radius 1 is 1.32 bits per heavy atom. The average molecular weight is 256 g/mol. The average Bonchev–Trinajstić information content (AvgIpc) is 3.04. The third kappa shape index (κ3) is 2.76. The topological polar surface area (TPSA) is 55.4 Å². The van der Waals surface area contributed by atoms with Crippen LogP contribution in [0.15, 0.2) is 47.2 Å². The number of fused-ring (bicyclic) bond motifs is 1. The summed E-state index contributed by atoms with van der Waals surface area (Å²) in [7, 11) is 0. The normalized spacial score (nSPS) is 12.7. The quantitative estimate of drug-likeness (QED) is 0.762. The summed E-state index contributed by atoms with van der Waals surface area (Å²) in [6.07, 6.45) is 5.48. The first-order valence-electron chi connectivity index (χ1n) is 6.41. The smallest absolute Gasteiger partial charge is 0.243 e. The second-order valence-electron chi connectivity index (χ2n) is 4.60. The summed E-state index contributed by atoms with van der Waals surface area (Å²) in [5, 5.41) is 7.68. The molecular formula is C14H16N4O. The zero-order valence-corrected chi connectivity index (χ0v) is 10.8. The number of hydrogen-bond acceptors (Lipinski definition) is 4. The fourth-order valence-corrected chi connectivity index (χ4v) is 2.00. The van der Waals surface area contributed by atoms with Crippen molar-refractivity contribution in [3.05, 3.63) is 48.6 Å². The van der Waals surface area contributed by atoms with Crippen LogP contribution in [-0.4, -0.2) is 20.6 Å². The highest BCUT2D eigenvalue weighted by atomic mass is 16.3. The number of aromatic nitrogens is 3. The number of nitrogens with zero attached hydrogens (tertiary/aromatic N) is 3. The van der Waals surface area contributed by atoms with Crippen molar-refractivity contribution in [2.75, 3.05) is 5.32 Å². The van der Waals surface area contributed by atoms with Gasteiger partial charge in [0.2, 0.25) is 5.95 Å². The number of nitrogens with one attached hydrogen (secondary N) is 1. The molecule has 98 valence electrons. The molecule has 0 bridgehead atoms. The van der Waals surface area contributed by atoms with Crippen molar-refractivity contribution in [1.29, 1.82) is 0 Å². The molecule has 3 aromatic rings. The lowest BCUT2D eigenvalue weighted by atomic mass is 10.1. The third-order valence-electron chi connectivity index (χ3n) is 3.02. The lowest BCUT2D eigenvalue weighted by Crippen LogP contribution is -2.16. The third-order valence-corrected chi connectivity index (χ3v) is 3.02. The molecule has 0 amide bonds. The molecular weight excluding hydrogens is 240 g/mol. The molecule has 1 atom stereocenters. The number of furan rings is 1. The number of rotatable bonds is 5. The van der Waals surface area contributed by atoms with Gasteiger partial charge in [0.1, 0.15) is 5.76 Å². The van der Waals surface area contributed by atoms with Crippen LogP contribution >= 0.6 is 0 Å². The number of aryl methyl sites for hydroxylation is 1. The van der Waals surface area contributed by atoms with Gasteiger partial charge in [0, 0.05) is 18.7 Å². The van der Waals surface area contributed by atoms with Crippen LogP contribution in [0.3, 0.4) is 0 Å². The van der Waals surface area contributed by atoms with E-state index in [1.165, 1.54) is 0 Å². The standard InChI is InChI=1S/C14H16N4O/c1-11(7-8-12-5-4-10-19-12)15-14-16-13-6-2-3-9-18(13)17-14/h2-6,9-11H,7-8H2,1H3,(H,15,17). The van der Waals surface area contributed by atoms with Gasteiger partial charge in [-0.1, -0.05) is 6.07 Å². The molecule has 0 aliphatic carbocycles. The number of hydrogen-bond donors (Lipinski definition) is 1. The fraction of sp³-hybridized carbons (Fsp3) is 0.286. The van der Waals surface area contributed by atoms with Crippen LogP contribution in [0.1, 0.15) is 19.1 Å². The van der Waals surface area contributed by atoms with Crippen LogP contribution in [-0.2, 0) is 6.42 Å². The molecule has 3 rings (SSSR count). The maximum atomic E-state index is 5.32.